The van der Waals surface area contributed by atoms with Crippen molar-refractivity contribution in [3.05, 3.63) is 41.5 Å². The summed E-state index contributed by atoms with van der Waals surface area (Å²) in [6, 6.07) is 3.50. The van der Waals surface area contributed by atoms with Gasteiger partial charge in [0.05, 0.1) is 17.5 Å². The van der Waals surface area contributed by atoms with Crippen LogP contribution in [0.2, 0.25) is 0 Å². The molecule has 0 aliphatic carbocycles. The van der Waals surface area contributed by atoms with Gasteiger partial charge in [0.15, 0.2) is 12.4 Å². The van der Waals surface area contributed by atoms with Crippen molar-refractivity contribution in [1.29, 1.82) is 0 Å². The topological polar surface area (TPSA) is 53.4 Å². The number of nitrogens with zero attached hydrogens (tertiary/aromatic N) is 3. The Morgan fingerprint density at radius 1 is 1.42 bits per heavy atom. The number of hydrogen-bond donors (Lipinski definition) is 0. The summed E-state index contributed by atoms with van der Waals surface area (Å²) in [7, 11) is 0. The van der Waals surface area contributed by atoms with Gasteiger partial charge < -0.3 is 5.21 Å². The van der Waals surface area contributed by atoms with E-state index in [1.54, 1.807) is 12.3 Å². The fraction of sp³-hybridized carbons (Fsp3) is 0. The average Bonchev–Trinajstić information content (AvgIpc) is 2.56. The molecule has 1 aromatic rings. The molecule has 1 radical (unpaired) electrons. The quantitative estimate of drug-likeness (QED) is 0.429. The van der Waals surface area contributed by atoms with Crippen molar-refractivity contribution < 1.29 is 4.73 Å². The molecule has 0 fully saturated rings. The van der Waals surface area contributed by atoms with Crippen molar-refractivity contribution in [3.8, 4) is 0 Å². The van der Waals surface area contributed by atoms with Crippen LogP contribution >= 0.6 is 0 Å². The summed E-state index contributed by atoms with van der Waals surface area (Å²) in [5, 5.41) is 14.7. The van der Waals surface area contributed by atoms with Gasteiger partial charge >= 0.3 is 0 Å². The van der Waals surface area contributed by atoms with Crippen LogP contribution in [0.5, 0.6) is 0 Å². The number of aromatic nitrogens is 1. The van der Waals surface area contributed by atoms with Crippen molar-refractivity contribution in [2.75, 3.05) is 0 Å². The van der Waals surface area contributed by atoms with Gasteiger partial charge in [-0.05, 0) is 6.07 Å². The first-order chi connectivity index (χ1) is 5.86. The van der Waals surface area contributed by atoms with Crippen LogP contribution in [-0.2, 0) is 0 Å². The van der Waals surface area contributed by atoms with Crippen molar-refractivity contribution in [2.24, 2.45) is 4.99 Å². The lowest BCUT2D eigenvalue weighted by atomic mass is 10.2. The Morgan fingerprint density at radius 3 is 3.00 bits per heavy atom. The van der Waals surface area contributed by atoms with Crippen LogP contribution in [0.3, 0.4) is 0 Å². The molecule has 1 aliphatic heterocycles. The highest BCUT2D eigenvalue weighted by Crippen LogP contribution is 2.14. The highest BCUT2D eigenvalue weighted by atomic mass is 16.5. The normalized spacial score (nSPS) is 14.2. The second kappa shape index (κ2) is 2.65. The third-order valence-corrected chi connectivity index (χ3v) is 1.53. The largest absolute Gasteiger partial charge is 0.619 e. The van der Waals surface area contributed by atoms with Gasteiger partial charge in [-0.25, -0.2) is 10.3 Å². The highest BCUT2D eigenvalue weighted by molar-refractivity contribution is 5.78. The summed E-state index contributed by atoms with van der Waals surface area (Å²) in [4.78, 5) is 3.96. The zero-order chi connectivity index (χ0) is 8.39. The molecule has 0 atom stereocenters. The number of hydrogen-bond acceptors (Lipinski definition) is 2. The zero-order valence-electron chi connectivity index (χ0n) is 6.21. The van der Waals surface area contributed by atoms with Gasteiger partial charge in [-0.2, -0.15) is 4.73 Å². The van der Waals surface area contributed by atoms with Crippen molar-refractivity contribution in [2.45, 2.75) is 0 Å². The van der Waals surface area contributed by atoms with E-state index in [0.717, 1.165) is 16.0 Å². The van der Waals surface area contributed by atoms with Crippen LogP contribution in [0, 0.1) is 5.21 Å². The standard InChI is InChI=1S/C8H6N3O/c12-11-3-1-2-7(5-11)8-4-9-6-10-8/h1-6H. The van der Waals surface area contributed by atoms with Crippen LogP contribution in [0.25, 0.3) is 5.70 Å². The maximum Gasteiger partial charge on any atom is 0.189 e. The molecule has 0 bridgehead atoms. The predicted octanol–water partition coefficient (Wildman–Crippen LogP) is 0.265. The van der Waals surface area contributed by atoms with E-state index >= 15 is 0 Å². The SMILES string of the molecule is [O-][n+]1cccc(C2=C[N]C=N2)c1. The second-order valence-corrected chi connectivity index (χ2v) is 2.36. The summed E-state index contributed by atoms with van der Waals surface area (Å²) in [6.45, 7) is 0. The first-order valence-electron chi connectivity index (χ1n) is 3.48. The first-order valence-corrected chi connectivity index (χ1v) is 3.48. The lowest BCUT2D eigenvalue weighted by Gasteiger charge is -1.97. The molecule has 1 aromatic heterocycles. The number of aliphatic imine (C=N–C) groups is 1. The monoisotopic (exact) mass is 160 g/mol. The molecule has 4 nitrogen and oxygen atoms in total. The molecule has 0 N–H and O–H groups in total. The summed E-state index contributed by atoms with van der Waals surface area (Å²) < 4.78 is 0.740. The Bertz CT molecular complexity index is 357. The van der Waals surface area contributed by atoms with E-state index < -0.39 is 0 Å². The molecule has 4 heteroatoms. The van der Waals surface area contributed by atoms with E-state index in [0.29, 0.717) is 0 Å². The minimum Gasteiger partial charge on any atom is -0.619 e. The van der Waals surface area contributed by atoms with E-state index in [4.69, 9.17) is 0 Å². The lowest BCUT2D eigenvalue weighted by Crippen LogP contribution is -2.24. The molecule has 1 aliphatic rings. The Hall–Kier alpha value is -1.84. The van der Waals surface area contributed by atoms with E-state index in [2.05, 4.69) is 10.3 Å². The molecule has 0 aromatic carbocycles. The van der Waals surface area contributed by atoms with E-state index in [1.165, 1.54) is 18.7 Å². The third kappa shape index (κ3) is 1.14. The maximum atomic E-state index is 10.9. The Morgan fingerprint density at radius 2 is 2.33 bits per heavy atom. The van der Waals surface area contributed by atoms with Gasteiger partial charge in [0.25, 0.3) is 0 Å². The molecule has 2 heterocycles. The van der Waals surface area contributed by atoms with Gasteiger partial charge in [0.2, 0.25) is 0 Å². The third-order valence-electron chi connectivity index (χ3n) is 1.53. The molecule has 0 amide bonds. The minimum absolute atomic E-state index is 0.722. The fourth-order valence-corrected chi connectivity index (χ4v) is 0.988. The molecular formula is C8H6N3O. The molecule has 59 valence electrons. The second-order valence-electron chi connectivity index (χ2n) is 2.36. The molecular weight excluding hydrogens is 154 g/mol. The van der Waals surface area contributed by atoms with Gasteiger partial charge in [-0.15, -0.1) is 0 Å². The van der Waals surface area contributed by atoms with E-state index in [1.807, 2.05) is 6.07 Å². The van der Waals surface area contributed by atoms with E-state index in [9.17, 15) is 5.21 Å². The molecule has 12 heavy (non-hydrogen) atoms. The van der Waals surface area contributed by atoms with Gasteiger partial charge in [0, 0.05) is 6.07 Å². The van der Waals surface area contributed by atoms with Crippen molar-refractivity contribution in [1.82, 2.24) is 5.32 Å². The molecule has 0 spiro atoms. The zero-order valence-corrected chi connectivity index (χ0v) is 6.21. The lowest BCUT2D eigenvalue weighted by molar-refractivity contribution is -0.605. The average molecular weight is 160 g/mol. The summed E-state index contributed by atoms with van der Waals surface area (Å²) in [5.74, 6) is 0. The van der Waals surface area contributed by atoms with Gasteiger partial charge in [-0.1, -0.05) is 0 Å². The fourth-order valence-electron chi connectivity index (χ4n) is 0.988. The highest BCUT2D eigenvalue weighted by Gasteiger charge is 2.05. The van der Waals surface area contributed by atoms with Crippen LogP contribution in [0.15, 0.2) is 35.7 Å². The Kier molecular flexibility index (Phi) is 1.51. The van der Waals surface area contributed by atoms with Crippen molar-refractivity contribution >= 4 is 12.0 Å². The molecule has 0 saturated carbocycles. The maximum absolute atomic E-state index is 10.9. The van der Waals surface area contributed by atoms with Gasteiger partial charge in [0.1, 0.15) is 6.34 Å². The van der Waals surface area contributed by atoms with Crippen molar-refractivity contribution in [3.63, 3.8) is 0 Å². The summed E-state index contributed by atoms with van der Waals surface area (Å²) in [6.07, 6.45) is 5.97. The van der Waals surface area contributed by atoms with Crippen LogP contribution in [-0.4, -0.2) is 6.34 Å². The summed E-state index contributed by atoms with van der Waals surface area (Å²) in [5.41, 5.74) is 1.50. The Labute approximate surface area is 69.5 Å². The van der Waals surface area contributed by atoms with Crippen LogP contribution < -0.4 is 10.0 Å². The predicted molar refractivity (Wildman–Crippen MR) is 44.0 cm³/mol. The molecule has 2 rings (SSSR count). The minimum atomic E-state index is 0.722. The Balaban J connectivity index is 2.40. The smallest absolute Gasteiger partial charge is 0.189 e. The number of rotatable bonds is 1. The molecule has 0 unspecified atom stereocenters. The van der Waals surface area contributed by atoms with Gasteiger partial charge in [-0.3, -0.25) is 0 Å². The van der Waals surface area contributed by atoms with Crippen LogP contribution in [0.4, 0.5) is 0 Å². The summed E-state index contributed by atoms with van der Waals surface area (Å²) >= 11 is 0. The van der Waals surface area contributed by atoms with E-state index in [-0.39, 0.29) is 0 Å². The first kappa shape index (κ1) is 6.84. The molecule has 0 saturated heterocycles. The number of pyridine rings is 1. The van der Waals surface area contributed by atoms with Crippen LogP contribution in [0.1, 0.15) is 5.56 Å².